The Bertz CT molecular complexity index is 667. The van der Waals surface area contributed by atoms with Gasteiger partial charge in [0.05, 0.1) is 5.69 Å². The zero-order valence-corrected chi connectivity index (χ0v) is 14.6. The zero-order valence-electron chi connectivity index (χ0n) is 14.6. The fraction of sp³-hybridized carbons (Fsp3) is 0.500. The second-order valence-electron chi connectivity index (χ2n) is 6.31. The van der Waals surface area contributed by atoms with Crippen LogP contribution in [0.2, 0.25) is 0 Å². The van der Waals surface area contributed by atoms with Gasteiger partial charge in [-0.1, -0.05) is 13.8 Å². The molecule has 2 rings (SSSR count). The lowest BCUT2D eigenvalue weighted by Crippen LogP contribution is -2.55. The number of ketones is 1. The summed E-state index contributed by atoms with van der Waals surface area (Å²) in [6.07, 6.45) is 1.19. The van der Waals surface area contributed by atoms with Crippen LogP contribution in [0.1, 0.15) is 50.9 Å². The molecule has 0 fully saturated rings. The first-order chi connectivity index (χ1) is 11.3. The Balaban J connectivity index is 2.39. The predicted octanol–water partition coefficient (Wildman–Crippen LogP) is 2.31. The summed E-state index contributed by atoms with van der Waals surface area (Å²) >= 11 is 0. The number of Topliss-reactive ketones (excluding diaryl/α,β-unsaturated/α-hetero) is 1. The van der Waals surface area contributed by atoms with E-state index < -0.39 is 5.60 Å². The summed E-state index contributed by atoms with van der Waals surface area (Å²) in [5, 5.41) is 2.77. The van der Waals surface area contributed by atoms with Crippen molar-refractivity contribution in [2.24, 2.45) is 0 Å². The van der Waals surface area contributed by atoms with Crippen molar-refractivity contribution in [3.05, 3.63) is 23.8 Å². The van der Waals surface area contributed by atoms with Crippen molar-refractivity contribution in [3.8, 4) is 5.75 Å². The molecule has 1 aliphatic rings. The first-order valence-electron chi connectivity index (χ1n) is 8.25. The molecule has 1 aliphatic heterocycles. The Morgan fingerprint density at radius 3 is 2.58 bits per heavy atom. The third kappa shape index (κ3) is 3.58. The van der Waals surface area contributed by atoms with Crippen LogP contribution >= 0.6 is 0 Å². The first-order valence-corrected chi connectivity index (χ1v) is 8.25. The lowest BCUT2D eigenvalue weighted by Gasteiger charge is -2.38. The number of amides is 2. The van der Waals surface area contributed by atoms with Crippen molar-refractivity contribution in [1.82, 2.24) is 5.32 Å². The number of carbonyl (C=O) groups is 3. The molecule has 1 heterocycles. The van der Waals surface area contributed by atoms with Gasteiger partial charge in [0.25, 0.3) is 5.91 Å². The highest BCUT2D eigenvalue weighted by Crippen LogP contribution is 2.38. The molecule has 1 aromatic carbocycles. The van der Waals surface area contributed by atoms with Crippen molar-refractivity contribution in [2.75, 3.05) is 18.0 Å². The van der Waals surface area contributed by atoms with Crippen molar-refractivity contribution in [3.63, 3.8) is 0 Å². The summed E-state index contributed by atoms with van der Waals surface area (Å²) in [6.45, 7) is 7.54. The topological polar surface area (TPSA) is 75.7 Å². The van der Waals surface area contributed by atoms with Crippen LogP contribution in [0.3, 0.4) is 0 Å². The summed E-state index contributed by atoms with van der Waals surface area (Å²) in [6, 6.07) is 5.00. The van der Waals surface area contributed by atoms with Gasteiger partial charge in [0.1, 0.15) is 12.3 Å². The van der Waals surface area contributed by atoms with E-state index in [-0.39, 0.29) is 24.1 Å². The van der Waals surface area contributed by atoms with Gasteiger partial charge in [-0.3, -0.25) is 19.3 Å². The number of hydrogen-bond acceptors (Lipinski definition) is 4. The van der Waals surface area contributed by atoms with Crippen LogP contribution in [0, 0.1) is 0 Å². The predicted molar refractivity (Wildman–Crippen MR) is 91.4 cm³/mol. The molecular formula is C18H24N2O4. The number of anilines is 1. The van der Waals surface area contributed by atoms with Crippen LogP contribution in [-0.2, 0) is 9.59 Å². The van der Waals surface area contributed by atoms with Crippen molar-refractivity contribution in [1.29, 1.82) is 0 Å². The van der Waals surface area contributed by atoms with E-state index in [4.69, 9.17) is 4.74 Å². The summed E-state index contributed by atoms with van der Waals surface area (Å²) in [5.41, 5.74) is -0.0921. The van der Waals surface area contributed by atoms with Crippen molar-refractivity contribution >= 4 is 23.3 Å². The molecule has 0 bridgehead atoms. The number of hydrogen-bond donors (Lipinski definition) is 1. The Morgan fingerprint density at radius 2 is 1.96 bits per heavy atom. The third-order valence-electron chi connectivity index (χ3n) is 3.89. The molecule has 130 valence electrons. The molecule has 1 aromatic rings. The number of benzene rings is 1. The molecule has 2 amide bonds. The molecule has 0 atom stereocenters. The fourth-order valence-electron chi connectivity index (χ4n) is 2.57. The Morgan fingerprint density at radius 1 is 1.25 bits per heavy atom. The Kier molecular flexibility index (Phi) is 5.26. The van der Waals surface area contributed by atoms with Gasteiger partial charge in [0.2, 0.25) is 5.91 Å². The average Bonchev–Trinajstić information content (AvgIpc) is 2.55. The Hall–Kier alpha value is -2.37. The molecule has 0 aromatic heterocycles. The van der Waals surface area contributed by atoms with Gasteiger partial charge in [-0.05, 0) is 38.5 Å². The molecule has 1 N–H and O–H groups in total. The monoisotopic (exact) mass is 332 g/mol. The summed E-state index contributed by atoms with van der Waals surface area (Å²) in [4.78, 5) is 38.2. The standard InChI is InChI=1S/C18H24N2O4/c1-5-9-19-16(22)11-20-13-10-12(14(21)6-2)7-8-15(13)24-18(3,4)17(20)23/h7-8,10H,5-6,9,11H2,1-4H3,(H,19,22). The molecule has 6 nitrogen and oxygen atoms in total. The second-order valence-corrected chi connectivity index (χ2v) is 6.31. The minimum absolute atomic E-state index is 0.0227. The largest absolute Gasteiger partial charge is 0.476 e. The van der Waals surface area contributed by atoms with E-state index in [2.05, 4.69) is 5.32 Å². The van der Waals surface area contributed by atoms with Gasteiger partial charge in [0, 0.05) is 18.5 Å². The fourth-order valence-corrected chi connectivity index (χ4v) is 2.57. The smallest absolute Gasteiger partial charge is 0.271 e. The van der Waals surface area contributed by atoms with Crippen molar-refractivity contribution in [2.45, 2.75) is 46.1 Å². The van der Waals surface area contributed by atoms with Crippen LogP contribution < -0.4 is 15.0 Å². The van der Waals surface area contributed by atoms with Crippen LogP contribution in [0.4, 0.5) is 5.69 Å². The van der Waals surface area contributed by atoms with Crippen molar-refractivity contribution < 1.29 is 19.1 Å². The molecule has 6 heteroatoms. The van der Waals surface area contributed by atoms with Gasteiger partial charge >= 0.3 is 0 Å². The maximum absolute atomic E-state index is 12.7. The van der Waals surface area contributed by atoms with Gasteiger partial charge in [-0.25, -0.2) is 0 Å². The van der Waals surface area contributed by atoms with Gasteiger partial charge in [-0.2, -0.15) is 0 Å². The quantitative estimate of drug-likeness (QED) is 0.811. The highest BCUT2D eigenvalue weighted by atomic mass is 16.5. The molecule has 0 saturated carbocycles. The SMILES string of the molecule is CCCNC(=O)CN1C(=O)C(C)(C)Oc2ccc(C(=O)CC)cc21. The van der Waals surface area contributed by atoms with Gasteiger partial charge in [-0.15, -0.1) is 0 Å². The molecule has 0 unspecified atom stereocenters. The normalized spacial score (nSPS) is 15.5. The number of fused-ring (bicyclic) bond motifs is 1. The summed E-state index contributed by atoms with van der Waals surface area (Å²) in [5.74, 6) is -0.0650. The highest BCUT2D eigenvalue weighted by Gasteiger charge is 2.41. The zero-order chi connectivity index (χ0) is 17.9. The minimum Gasteiger partial charge on any atom is -0.476 e. The highest BCUT2D eigenvalue weighted by molar-refractivity contribution is 6.07. The van der Waals surface area contributed by atoms with E-state index in [1.807, 2.05) is 6.92 Å². The van der Waals surface area contributed by atoms with E-state index in [1.54, 1.807) is 39.0 Å². The number of rotatable bonds is 6. The summed E-state index contributed by atoms with van der Waals surface area (Å²) < 4.78 is 5.76. The lowest BCUT2D eigenvalue weighted by molar-refractivity contribution is -0.134. The molecule has 0 radical (unpaired) electrons. The van der Waals surface area contributed by atoms with E-state index >= 15 is 0 Å². The Labute approximate surface area is 142 Å². The molecule has 24 heavy (non-hydrogen) atoms. The van der Waals surface area contributed by atoms with Gasteiger partial charge < -0.3 is 10.1 Å². The first kappa shape index (κ1) is 18.0. The second kappa shape index (κ2) is 7.03. The van der Waals surface area contributed by atoms with Crippen LogP contribution in [0.5, 0.6) is 5.75 Å². The van der Waals surface area contributed by atoms with E-state index in [0.717, 1.165) is 6.42 Å². The van der Waals surface area contributed by atoms with E-state index in [0.29, 0.717) is 30.0 Å². The van der Waals surface area contributed by atoms with Crippen LogP contribution in [0.25, 0.3) is 0 Å². The molecule has 0 spiro atoms. The number of carbonyl (C=O) groups excluding carboxylic acids is 3. The summed E-state index contributed by atoms with van der Waals surface area (Å²) in [7, 11) is 0. The minimum atomic E-state index is -1.06. The van der Waals surface area contributed by atoms with Gasteiger partial charge in [0.15, 0.2) is 11.4 Å². The molecule has 0 aliphatic carbocycles. The average molecular weight is 332 g/mol. The number of nitrogens with zero attached hydrogens (tertiary/aromatic N) is 1. The van der Waals surface area contributed by atoms with E-state index in [9.17, 15) is 14.4 Å². The number of ether oxygens (including phenoxy) is 1. The van der Waals surface area contributed by atoms with E-state index in [1.165, 1.54) is 4.90 Å². The maximum Gasteiger partial charge on any atom is 0.271 e. The number of nitrogens with one attached hydrogen (secondary N) is 1. The van der Waals surface area contributed by atoms with Crippen LogP contribution in [-0.4, -0.2) is 36.3 Å². The third-order valence-corrected chi connectivity index (χ3v) is 3.89. The lowest BCUT2D eigenvalue weighted by atomic mass is 10.0. The molecular weight excluding hydrogens is 308 g/mol. The molecule has 0 saturated heterocycles. The van der Waals surface area contributed by atoms with Crippen LogP contribution in [0.15, 0.2) is 18.2 Å². The maximum atomic E-state index is 12.7.